The van der Waals surface area contributed by atoms with Gasteiger partial charge in [-0.2, -0.15) is 5.10 Å². The van der Waals surface area contributed by atoms with Gasteiger partial charge in [0.15, 0.2) is 17.3 Å². The Morgan fingerprint density at radius 2 is 1.97 bits per heavy atom. The first-order chi connectivity index (χ1) is 14.7. The molecule has 0 atom stereocenters. The predicted octanol–water partition coefficient (Wildman–Crippen LogP) is 2.02. The zero-order chi connectivity index (χ0) is 22.3. The number of aromatic nitrogens is 2. The Balaban J connectivity index is 1.46. The summed E-state index contributed by atoms with van der Waals surface area (Å²) in [5.41, 5.74) is 2.21. The summed E-state index contributed by atoms with van der Waals surface area (Å²) in [6.07, 6.45) is 1.98. The summed E-state index contributed by atoms with van der Waals surface area (Å²) in [4.78, 5) is 28.5. The SMILES string of the molecule is COc1ccc(C(=O)N2CCC3(CC2)Cc2c(c(C(=O)N(C)C)nn2C)CO3)cc1F. The van der Waals surface area contributed by atoms with Crippen molar-refractivity contribution in [1.29, 1.82) is 0 Å². The van der Waals surface area contributed by atoms with Crippen LogP contribution >= 0.6 is 0 Å². The van der Waals surface area contributed by atoms with Crippen LogP contribution < -0.4 is 4.74 Å². The molecule has 0 unspecified atom stereocenters. The number of rotatable bonds is 3. The predicted molar refractivity (Wildman–Crippen MR) is 111 cm³/mol. The van der Waals surface area contributed by atoms with Gasteiger partial charge < -0.3 is 19.3 Å². The van der Waals surface area contributed by atoms with E-state index in [0.717, 1.165) is 11.3 Å². The van der Waals surface area contributed by atoms with E-state index in [9.17, 15) is 14.0 Å². The minimum absolute atomic E-state index is 0.115. The number of piperidine rings is 1. The van der Waals surface area contributed by atoms with Gasteiger partial charge in [0.1, 0.15) is 0 Å². The zero-order valence-electron chi connectivity index (χ0n) is 18.3. The number of ether oxygens (including phenoxy) is 2. The Morgan fingerprint density at radius 1 is 1.26 bits per heavy atom. The van der Waals surface area contributed by atoms with Crippen LogP contribution in [0.1, 0.15) is 44.9 Å². The van der Waals surface area contributed by atoms with Gasteiger partial charge >= 0.3 is 0 Å². The average molecular weight is 430 g/mol. The van der Waals surface area contributed by atoms with E-state index in [-0.39, 0.29) is 23.2 Å². The maximum atomic E-state index is 14.0. The number of benzene rings is 1. The van der Waals surface area contributed by atoms with Gasteiger partial charge in [-0.1, -0.05) is 0 Å². The molecule has 8 nitrogen and oxygen atoms in total. The summed E-state index contributed by atoms with van der Waals surface area (Å²) in [7, 11) is 6.65. The zero-order valence-corrected chi connectivity index (χ0v) is 18.3. The fourth-order valence-corrected chi connectivity index (χ4v) is 4.36. The molecule has 0 saturated carbocycles. The van der Waals surface area contributed by atoms with Gasteiger partial charge in [0.2, 0.25) is 0 Å². The number of aryl methyl sites for hydroxylation is 1. The fraction of sp³-hybridized carbons (Fsp3) is 0.500. The number of amides is 2. The van der Waals surface area contributed by atoms with Crippen molar-refractivity contribution in [3.05, 3.63) is 46.5 Å². The third-order valence-electron chi connectivity index (χ3n) is 6.26. The Hall–Kier alpha value is -2.94. The monoisotopic (exact) mass is 430 g/mol. The van der Waals surface area contributed by atoms with Crippen LogP contribution in [0, 0.1) is 5.82 Å². The van der Waals surface area contributed by atoms with E-state index in [1.54, 1.807) is 29.7 Å². The molecule has 1 saturated heterocycles. The molecule has 1 spiro atoms. The number of likely N-dealkylation sites (tertiary alicyclic amines) is 1. The molecule has 1 aromatic carbocycles. The lowest BCUT2D eigenvalue weighted by Gasteiger charge is -2.43. The van der Waals surface area contributed by atoms with Crippen molar-refractivity contribution in [3.8, 4) is 5.75 Å². The van der Waals surface area contributed by atoms with Crippen molar-refractivity contribution in [2.75, 3.05) is 34.3 Å². The van der Waals surface area contributed by atoms with Crippen molar-refractivity contribution >= 4 is 11.8 Å². The third kappa shape index (κ3) is 3.78. The van der Waals surface area contributed by atoms with Crippen molar-refractivity contribution in [3.63, 3.8) is 0 Å². The first kappa shape index (κ1) is 21.3. The summed E-state index contributed by atoms with van der Waals surface area (Å²) in [5.74, 6) is -0.774. The first-order valence-electron chi connectivity index (χ1n) is 10.3. The summed E-state index contributed by atoms with van der Waals surface area (Å²) in [6.45, 7) is 1.36. The first-order valence-corrected chi connectivity index (χ1v) is 10.3. The number of methoxy groups -OCH3 is 1. The van der Waals surface area contributed by atoms with E-state index in [1.807, 2.05) is 7.05 Å². The van der Waals surface area contributed by atoms with Crippen LogP contribution in [-0.4, -0.2) is 71.3 Å². The smallest absolute Gasteiger partial charge is 0.274 e. The Labute approximate surface area is 180 Å². The highest BCUT2D eigenvalue weighted by Crippen LogP contribution is 2.37. The topological polar surface area (TPSA) is 76.9 Å². The second kappa shape index (κ2) is 7.96. The van der Waals surface area contributed by atoms with Crippen LogP contribution in [0.3, 0.4) is 0 Å². The molecule has 0 radical (unpaired) electrons. The maximum Gasteiger partial charge on any atom is 0.274 e. The minimum atomic E-state index is -0.552. The molecule has 0 bridgehead atoms. The summed E-state index contributed by atoms with van der Waals surface area (Å²) in [6, 6.07) is 4.26. The second-order valence-corrected chi connectivity index (χ2v) is 8.39. The van der Waals surface area contributed by atoms with Crippen molar-refractivity contribution in [2.24, 2.45) is 7.05 Å². The molecule has 3 heterocycles. The molecule has 31 heavy (non-hydrogen) atoms. The normalized spacial score (nSPS) is 17.4. The minimum Gasteiger partial charge on any atom is -0.494 e. The fourth-order valence-electron chi connectivity index (χ4n) is 4.36. The molecule has 4 rings (SSSR count). The van der Waals surface area contributed by atoms with Crippen molar-refractivity contribution in [1.82, 2.24) is 19.6 Å². The van der Waals surface area contributed by atoms with Gasteiger partial charge in [0.25, 0.3) is 11.8 Å². The number of nitrogens with zero attached hydrogens (tertiary/aromatic N) is 4. The molecule has 1 aromatic heterocycles. The Kier molecular flexibility index (Phi) is 5.47. The molecule has 0 aliphatic carbocycles. The van der Waals surface area contributed by atoms with E-state index in [4.69, 9.17) is 9.47 Å². The van der Waals surface area contributed by atoms with Gasteiger partial charge in [-0.15, -0.1) is 0 Å². The standard InChI is InChI=1S/C22H27FN4O4/c1-25(2)21(29)19-15-13-31-22(12-17(15)26(3)24-19)7-9-27(10-8-22)20(28)14-5-6-18(30-4)16(23)11-14/h5-6,11H,7-10,12-13H2,1-4H3. The van der Waals surface area contributed by atoms with Crippen LogP contribution in [0.25, 0.3) is 0 Å². The Morgan fingerprint density at radius 3 is 2.58 bits per heavy atom. The highest BCUT2D eigenvalue weighted by atomic mass is 19.1. The van der Waals surface area contributed by atoms with Gasteiger partial charge in [0.05, 0.1) is 19.3 Å². The molecule has 1 fully saturated rings. The van der Waals surface area contributed by atoms with E-state index in [0.29, 0.717) is 50.2 Å². The number of hydrogen-bond donors (Lipinski definition) is 0. The third-order valence-corrected chi connectivity index (χ3v) is 6.26. The van der Waals surface area contributed by atoms with Crippen LogP contribution in [0.5, 0.6) is 5.75 Å². The summed E-state index contributed by atoms with van der Waals surface area (Å²) >= 11 is 0. The number of hydrogen-bond acceptors (Lipinski definition) is 5. The highest BCUT2D eigenvalue weighted by Gasteiger charge is 2.42. The summed E-state index contributed by atoms with van der Waals surface area (Å²) in [5, 5.41) is 4.43. The summed E-state index contributed by atoms with van der Waals surface area (Å²) < 4.78 is 27.0. The van der Waals surface area contributed by atoms with Crippen LogP contribution in [-0.2, 0) is 24.8 Å². The van der Waals surface area contributed by atoms with E-state index in [1.165, 1.54) is 24.1 Å². The van der Waals surface area contributed by atoms with Crippen LogP contribution in [0.4, 0.5) is 4.39 Å². The molecule has 2 aromatic rings. The van der Waals surface area contributed by atoms with Crippen LogP contribution in [0.2, 0.25) is 0 Å². The van der Waals surface area contributed by atoms with E-state index >= 15 is 0 Å². The van der Waals surface area contributed by atoms with Gasteiger partial charge in [-0.05, 0) is 31.0 Å². The van der Waals surface area contributed by atoms with Gasteiger partial charge in [0, 0.05) is 57.5 Å². The number of fused-ring (bicyclic) bond motifs is 1. The number of halogens is 1. The lowest BCUT2D eigenvalue weighted by Crippen LogP contribution is -2.50. The van der Waals surface area contributed by atoms with E-state index < -0.39 is 5.82 Å². The van der Waals surface area contributed by atoms with E-state index in [2.05, 4.69) is 5.10 Å². The largest absolute Gasteiger partial charge is 0.494 e. The molecule has 2 amide bonds. The van der Waals surface area contributed by atoms with Crippen LogP contribution in [0.15, 0.2) is 18.2 Å². The molecular formula is C22H27FN4O4. The molecule has 2 aliphatic heterocycles. The molecule has 0 N–H and O–H groups in total. The second-order valence-electron chi connectivity index (χ2n) is 8.39. The van der Waals surface area contributed by atoms with Gasteiger partial charge in [-0.3, -0.25) is 14.3 Å². The average Bonchev–Trinajstić information content (AvgIpc) is 3.08. The number of carbonyl (C=O) groups is 2. The van der Waals surface area contributed by atoms with Crippen molar-refractivity contribution < 1.29 is 23.5 Å². The quantitative estimate of drug-likeness (QED) is 0.745. The Bertz CT molecular complexity index is 1020. The highest BCUT2D eigenvalue weighted by molar-refractivity contribution is 5.94. The number of carbonyl (C=O) groups excluding carboxylic acids is 2. The lowest BCUT2D eigenvalue weighted by atomic mass is 9.83. The maximum absolute atomic E-state index is 14.0. The lowest BCUT2D eigenvalue weighted by molar-refractivity contribution is -0.0990. The van der Waals surface area contributed by atoms with Crippen molar-refractivity contribution in [2.45, 2.75) is 31.5 Å². The molecule has 166 valence electrons. The molecule has 2 aliphatic rings. The molecule has 9 heteroatoms. The van der Waals surface area contributed by atoms with Gasteiger partial charge in [-0.25, -0.2) is 4.39 Å². The molecular weight excluding hydrogens is 403 g/mol.